The van der Waals surface area contributed by atoms with Gasteiger partial charge in [0.05, 0.1) is 24.0 Å². The van der Waals surface area contributed by atoms with Crippen molar-refractivity contribution in [3.05, 3.63) is 11.4 Å². The summed E-state index contributed by atoms with van der Waals surface area (Å²) in [7, 11) is 0. The first-order valence-electron chi connectivity index (χ1n) is 8.23. The number of aromatic nitrogens is 3. The van der Waals surface area contributed by atoms with Gasteiger partial charge in [-0.25, -0.2) is 0 Å². The fourth-order valence-electron chi connectivity index (χ4n) is 3.68. The molecule has 3 rings (SSSR count). The van der Waals surface area contributed by atoms with Gasteiger partial charge in [0.2, 0.25) is 0 Å². The van der Waals surface area contributed by atoms with Crippen molar-refractivity contribution in [1.29, 1.82) is 0 Å². The molecule has 2 heterocycles. The van der Waals surface area contributed by atoms with Crippen LogP contribution in [0.4, 0.5) is 0 Å². The molecular formula is C15H27N5O. The van der Waals surface area contributed by atoms with E-state index in [9.17, 15) is 5.11 Å². The number of hydrogen-bond donors (Lipinski definition) is 2. The Morgan fingerprint density at radius 2 is 2.14 bits per heavy atom. The number of hydrogen-bond acceptors (Lipinski definition) is 5. The molecule has 118 valence electrons. The number of likely N-dealkylation sites (tertiary alicyclic amines) is 1. The molecule has 2 aliphatic rings. The third-order valence-corrected chi connectivity index (χ3v) is 4.88. The predicted molar refractivity (Wildman–Crippen MR) is 80.9 cm³/mol. The van der Waals surface area contributed by atoms with E-state index in [-0.39, 0.29) is 6.10 Å². The highest BCUT2D eigenvalue weighted by Crippen LogP contribution is 2.27. The summed E-state index contributed by atoms with van der Waals surface area (Å²) in [5, 5.41) is 22.3. The number of aryl methyl sites for hydroxylation is 2. The van der Waals surface area contributed by atoms with Gasteiger partial charge in [-0.15, -0.1) is 0 Å². The normalized spacial score (nSPS) is 30.3. The van der Waals surface area contributed by atoms with Gasteiger partial charge in [0.1, 0.15) is 0 Å². The molecule has 2 fully saturated rings. The van der Waals surface area contributed by atoms with Gasteiger partial charge in [-0.05, 0) is 33.1 Å². The fraction of sp³-hybridized carbons (Fsp3) is 0.867. The second-order valence-corrected chi connectivity index (χ2v) is 6.34. The fourth-order valence-corrected chi connectivity index (χ4v) is 3.68. The topological polar surface area (TPSA) is 66.2 Å². The first-order chi connectivity index (χ1) is 10.2. The summed E-state index contributed by atoms with van der Waals surface area (Å²) in [4.78, 5) is 4.22. The van der Waals surface area contributed by atoms with Crippen molar-refractivity contribution in [2.45, 2.75) is 70.8 Å². The molecule has 0 spiro atoms. The van der Waals surface area contributed by atoms with E-state index < -0.39 is 0 Å². The van der Waals surface area contributed by atoms with Crippen molar-refractivity contribution < 1.29 is 5.11 Å². The average Bonchev–Trinajstić information content (AvgIpc) is 3.16. The lowest BCUT2D eigenvalue weighted by molar-refractivity contribution is 0.149. The second-order valence-electron chi connectivity index (χ2n) is 6.34. The lowest BCUT2D eigenvalue weighted by Crippen LogP contribution is -2.46. The van der Waals surface area contributed by atoms with Crippen LogP contribution in [0.5, 0.6) is 0 Å². The molecule has 6 heteroatoms. The van der Waals surface area contributed by atoms with E-state index >= 15 is 0 Å². The highest BCUT2D eigenvalue weighted by atomic mass is 16.3. The zero-order valence-corrected chi connectivity index (χ0v) is 13.1. The quantitative estimate of drug-likeness (QED) is 0.836. The van der Waals surface area contributed by atoms with Crippen molar-refractivity contribution in [2.75, 3.05) is 13.1 Å². The Morgan fingerprint density at radius 1 is 1.29 bits per heavy atom. The molecule has 1 aliphatic carbocycles. The largest absolute Gasteiger partial charge is 0.392 e. The number of aliphatic hydroxyl groups is 1. The van der Waals surface area contributed by atoms with Crippen LogP contribution in [0.2, 0.25) is 0 Å². The molecule has 0 amide bonds. The third-order valence-electron chi connectivity index (χ3n) is 4.88. The van der Waals surface area contributed by atoms with Crippen LogP contribution >= 0.6 is 0 Å². The second kappa shape index (κ2) is 6.42. The Bertz CT molecular complexity index is 475. The van der Waals surface area contributed by atoms with Crippen LogP contribution in [0.25, 0.3) is 0 Å². The minimum Gasteiger partial charge on any atom is -0.392 e. The predicted octanol–water partition coefficient (Wildman–Crippen LogP) is 0.684. The minimum absolute atomic E-state index is 0.127. The molecule has 0 radical (unpaired) electrons. The maximum absolute atomic E-state index is 9.74. The Kier molecular flexibility index (Phi) is 4.57. The molecular weight excluding hydrogens is 266 g/mol. The molecule has 3 atom stereocenters. The third kappa shape index (κ3) is 3.27. The molecule has 0 aromatic carbocycles. The van der Waals surface area contributed by atoms with E-state index in [1.165, 1.54) is 19.3 Å². The van der Waals surface area contributed by atoms with Crippen LogP contribution in [0.15, 0.2) is 0 Å². The molecule has 1 saturated heterocycles. The minimum atomic E-state index is -0.127. The van der Waals surface area contributed by atoms with Crippen LogP contribution in [0.1, 0.15) is 44.0 Å². The smallest absolute Gasteiger partial charge is 0.0994 e. The Hall–Kier alpha value is -0.980. The van der Waals surface area contributed by atoms with Crippen LogP contribution in [-0.2, 0) is 13.1 Å². The summed E-state index contributed by atoms with van der Waals surface area (Å²) in [6.07, 6.45) is 4.53. The van der Waals surface area contributed by atoms with Crippen LogP contribution in [-0.4, -0.2) is 56.3 Å². The van der Waals surface area contributed by atoms with Gasteiger partial charge in [0, 0.05) is 31.7 Å². The first-order valence-corrected chi connectivity index (χ1v) is 8.23. The van der Waals surface area contributed by atoms with Crippen molar-refractivity contribution in [2.24, 2.45) is 0 Å². The standard InChI is InChI=1S/C15H27N5O/c1-3-20-17-11(2)14(18-20)9-16-13-5-4-6-15(13)19-8-7-12(21)10-19/h12-13,15-16,21H,3-10H2,1-2H3/t12?,13-,15+/m1/s1. The summed E-state index contributed by atoms with van der Waals surface area (Å²) < 4.78 is 0. The monoisotopic (exact) mass is 293 g/mol. The zero-order valence-electron chi connectivity index (χ0n) is 13.1. The van der Waals surface area contributed by atoms with Gasteiger partial charge in [-0.2, -0.15) is 15.0 Å². The Morgan fingerprint density at radius 3 is 2.81 bits per heavy atom. The number of rotatable bonds is 5. The van der Waals surface area contributed by atoms with E-state index in [0.717, 1.165) is 44.0 Å². The first kappa shape index (κ1) is 14.9. The van der Waals surface area contributed by atoms with E-state index in [4.69, 9.17) is 0 Å². The van der Waals surface area contributed by atoms with Crippen molar-refractivity contribution in [3.63, 3.8) is 0 Å². The average molecular weight is 293 g/mol. The zero-order chi connectivity index (χ0) is 14.8. The summed E-state index contributed by atoms with van der Waals surface area (Å²) >= 11 is 0. The van der Waals surface area contributed by atoms with E-state index in [1.807, 2.05) is 6.92 Å². The van der Waals surface area contributed by atoms with Crippen molar-refractivity contribution >= 4 is 0 Å². The molecule has 2 N–H and O–H groups in total. The number of β-amino-alcohol motifs (C(OH)–C–C–N with tert-alkyl or cyclic N) is 1. The van der Waals surface area contributed by atoms with Gasteiger partial charge >= 0.3 is 0 Å². The lowest BCUT2D eigenvalue weighted by Gasteiger charge is -2.29. The Balaban J connectivity index is 1.57. The van der Waals surface area contributed by atoms with E-state index in [0.29, 0.717) is 12.1 Å². The number of nitrogens with zero attached hydrogens (tertiary/aromatic N) is 4. The molecule has 1 aromatic rings. The van der Waals surface area contributed by atoms with Gasteiger partial charge in [0.15, 0.2) is 0 Å². The lowest BCUT2D eigenvalue weighted by atomic mass is 10.1. The van der Waals surface area contributed by atoms with Gasteiger partial charge in [-0.1, -0.05) is 6.42 Å². The highest BCUT2D eigenvalue weighted by molar-refractivity contribution is 5.06. The van der Waals surface area contributed by atoms with Crippen LogP contribution < -0.4 is 5.32 Å². The van der Waals surface area contributed by atoms with Crippen molar-refractivity contribution in [1.82, 2.24) is 25.2 Å². The number of aliphatic hydroxyl groups excluding tert-OH is 1. The summed E-state index contributed by atoms with van der Waals surface area (Å²) in [5.74, 6) is 0. The highest BCUT2D eigenvalue weighted by Gasteiger charge is 2.35. The molecule has 6 nitrogen and oxygen atoms in total. The van der Waals surface area contributed by atoms with Gasteiger partial charge in [-0.3, -0.25) is 4.90 Å². The van der Waals surface area contributed by atoms with Gasteiger partial charge in [0.25, 0.3) is 0 Å². The molecule has 1 aromatic heterocycles. The molecule has 1 aliphatic heterocycles. The molecule has 1 saturated carbocycles. The maximum atomic E-state index is 9.74. The van der Waals surface area contributed by atoms with E-state index in [2.05, 4.69) is 27.3 Å². The van der Waals surface area contributed by atoms with Crippen LogP contribution in [0, 0.1) is 6.92 Å². The molecule has 0 bridgehead atoms. The summed E-state index contributed by atoms with van der Waals surface area (Å²) in [6.45, 7) is 7.58. The van der Waals surface area contributed by atoms with Crippen molar-refractivity contribution in [3.8, 4) is 0 Å². The summed E-state index contributed by atoms with van der Waals surface area (Å²) in [6, 6.07) is 1.09. The van der Waals surface area contributed by atoms with Gasteiger partial charge < -0.3 is 10.4 Å². The van der Waals surface area contributed by atoms with Crippen LogP contribution in [0.3, 0.4) is 0 Å². The maximum Gasteiger partial charge on any atom is 0.0994 e. The Labute approximate surface area is 126 Å². The SMILES string of the molecule is CCn1nc(C)c(CN[C@@H]2CCC[C@@H]2N2CCC(O)C2)n1. The van der Waals surface area contributed by atoms with E-state index in [1.54, 1.807) is 4.80 Å². The summed E-state index contributed by atoms with van der Waals surface area (Å²) in [5.41, 5.74) is 2.08. The number of nitrogens with one attached hydrogen (secondary N) is 1. The molecule has 1 unspecified atom stereocenters. The molecule has 21 heavy (non-hydrogen) atoms.